The number of hydrogen-bond acceptors (Lipinski definition) is 6. The molecule has 1 aliphatic rings. The van der Waals surface area contributed by atoms with Crippen molar-refractivity contribution in [1.29, 1.82) is 5.26 Å². The van der Waals surface area contributed by atoms with E-state index in [0.717, 1.165) is 18.7 Å². The van der Waals surface area contributed by atoms with E-state index in [1.165, 1.54) is 6.26 Å². The number of amides is 1. The Balaban J connectivity index is 1.46. The maximum absolute atomic E-state index is 13.2. The Morgan fingerprint density at radius 1 is 0.969 bits per heavy atom. The summed E-state index contributed by atoms with van der Waals surface area (Å²) in [5.74, 6) is -0.508. The van der Waals surface area contributed by atoms with Gasteiger partial charge in [-0.15, -0.1) is 0 Å². The summed E-state index contributed by atoms with van der Waals surface area (Å²) in [6.45, 7) is 2.46. The molecule has 3 aromatic rings. The van der Waals surface area contributed by atoms with Crippen LogP contribution in [0.3, 0.4) is 0 Å². The Bertz CT molecular complexity index is 1230. The normalized spacial score (nSPS) is 14.6. The molecule has 1 fully saturated rings. The molecule has 1 amide bonds. The number of carbonyl (C=O) groups is 1. The third kappa shape index (κ3) is 4.68. The lowest BCUT2D eigenvalue weighted by molar-refractivity contribution is 0.0734. The lowest BCUT2D eigenvalue weighted by atomic mass is 10.2. The summed E-state index contributed by atoms with van der Waals surface area (Å²) < 4.78 is 31.0. The van der Waals surface area contributed by atoms with Gasteiger partial charge in [-0.05, 0) is 48.9 Å². The molecule has 1 aliphatic heterocycles. The molecule has 2 heterocycles. The third-order valence-electron chi connectivity index (χ3n) is 5.53. The first-order valence-corrected chi connectivity index (χ1v) is 12.0. The highest BCUT2D eigenvalue weighted by Crippen LogP contribution is 2.23. The summed E-state index contributed by atoms with van der Waals surface area (Å²) in [6.07, 6.45) is 2.13. The first kappa shape index (κ1) is 21.7. The highest BCUT2D eigenvalue weighted by Gasteiger charge is 2.27. The van der Waals surface area contributed by atoms with Crippen molar-refractivity contribution >= 4 is 21.4 Å². The Morgan fingerprint density at radius 3 is 2.44 bits per heavy atom. The lowest BCUT2D eigenvalue weighted by Crippen LogP contribution is -2.35. The number of nitrogens with zero attached hydrogens (tertiary/aromatic N) is 3. The molecule has 0 atom stereocenters. The number of hydrogen-bond donors (Lipinski definition) is 0. The first-order valence-electron chi connectivity index (χ1n) is 10.4. The van der Waals surface area contributed by atoms with E-state index in [1.54, 1.807) is 53.4 Å². The molecule has 0 N–H and O–H groups in total. The molecule has 0 radical (unpaired) electrons. The molecule has 7 nitrogen and oxygen atoms in total. The van der Waals surface area contributed by atoms with Gasteiger partial charge in [0.25, 0.3) is 5.91 Å². The minimum absolute atomic E-state index is 0.0799. The number of nitriles is 1. The molecule has 1 saturated heterocycles. The van der Waals surface area contributed by atoms with Crippen LogP contribution in [0, 0.1) is 11.3 Å². The molecule has 32 heavy (non-hydrogen) atoms. The number of benzene rings is 2. The van der Waals surface area contributed by atoms with Gasteiger partial charge in [0.1, 0.15) is 0 Å². The zero-order valence-corrected chi connectivity index (χ0v) is 18.3. The maximum Gasteiger partial charge on any atom is 0.289 e. The molecule has 8 heteroatoms. The van der Waals surface area contributed by atoms with E-state index in [9.17, 15) is 13.2 Å². The van der Waals surface area contributed by atoms with Crippen molar-refractivity contribution in [2.45, 2.75) is 17.1 Å². The van der Waals surface area contributed by atoms with Crippen molar-refractivity contribution in [3.63, 3.8) is 0 Å². The van der Waals surface area contributed by atoms with E-state index in [-0.39, 0.29) is 22.3 Å². The van der Waals surface area contributed by atoms with E-state index >= 15 is 0 Å². The van der Waals surface area contributed by atoms with Crippen LogP contribution >= 0.6 is 0 Å². The number of anilines is 1. The molecular weight excluding hydrogens is 426 g/mol. The molecule has 0 saturated carbocycles. The van der Waals surface area contributed by atoms with Gasteiger partial charge in [-0.2, -0.15) is 5.26 Å². The molecule has 0 bridgehead atoms. The molecular formula is C24H23N3O4S. The molecule has 0 aliphatic carbocycles. The highest BCUT2D eigenvalue weighted by molar-refractivity contribution is 7.90. The second-order valence-electron chi connectivity index (χ2n) is 7.64. The Labute approximate surface area is 187 Å². The molecule has 1 aromatic heterocycles. The monoisotopic (exact) mass is 449 g/mol. The Morgan fingerprint density at radius 2 is 1.72 bits per heavy atom. The average Bonchev–Trinajstić information content (AvgIpc) is 3.12. The summed E-state index contributed by atoms with van der Waals surface area (Å²) in [5, 5.41) is 8.97. The van der Waals surface area contributed by atoms with Crippen molar-refractivity contribution in [2.24, 2.45) is 0 Å². The predicted octanol–water partition coefficient (Wildman–Crippen LogP) is 3.48. The minimum Gasteiger partial charge on any atom is -0.459 e. The summed E-state index contributed by atoms with van der Waals surface area (Å²) in [4.78, 5) is 17.3. The fourth-order valence-electron chi connectivity index (χ4n) is 3.82. The van der Waals surface area contributed by atoms with E-state index in [4.69, 9.17) is 9.68 Å². The van der Waals surface area contributed by atoms with E-state index in [0.29, 0.717) is 30.8 Å². The van der Waals surface area contributed by atoms with Gasteiger partial charge in [-0.25, -0.2) is 8.42 Å². The second kappa shape index (κ2) is 9.28. The largest absolute Gasteiger partial charge is 0.459 e. The zero-order valence-electron chi connectivity index (χ0n) is 17.5. The number of rotatable bonds is 5. The van der Waals surface area contributed by atoms with Crippen LogP contribution in [0.1, 0.15) is 28.1 Å². The topological polar surface area (TPSA) is 94.6 Å². The second-order valence-corrected chi connectivity index (χ2v) is 9.63. The van der Waals surface area contributed by atoms with Crippen LogP contribution in [0.5, 0.6) is 0 Å². The summed E-state index contributed by atoms with van der Waals surface area (Å²) in [6, 6.07) is 19.2. The van der Waals surface area contributed by atoms with Crippen LogP contribution in [0.4, 0.5) is 5.69 Å². The average molecular weight is 450 g/mol. The van der Waals surface area contributed by atoms with Crippen molar-refractivity contribution in [3.8, 4) is 6.07 Å². The van der Waals surface area contributed by atoms with Gasteiger partial charge in [-0.3, -0.25) is 4.79 Å². The molecule has 0 spiro atoms. The first-order chi connectivity index (χ1) is 15.5. The van der Waals surface area contributed by atoms with Gasteiger partial charge in [-0.1, -0.05) is 18.2 Å². The van der Waals surface area contributed by atoms with Crippen molar-refractivity contribution in [2.75, 3.05) is 31.1 Å². The van der Waals surface area contributed by atoms with Gasteiger partial charge in [0, 0.05) is 37.4 Å². The van der Waals surface area contributed by atoms with Gasteiger partial charge < -0.3 is 14.2 Å². The fourth-order valence-corrected chi connectivity index (χ4v) is 5.20. The van der Waals surface area contributed by atoms with Crippen LogP contribution in [0.25, 0.3) is 0 Å². The molecule has 2 aromatic carbocycles. The maximum atomic E-state index is 13.2. The van der Waals surface area contributed by atoms with Crippen molar-refractivity contribution in [3.05, 3.63) is 83.8 Å². The number of sulfone groups is 1. The highest BCUT2D eigenvalue weighted by atomic mass is 32.2. The standard InChI is InChI=1S/C24H23N3O4S/c25-17-19-7-9-21(10-8-19)26-12-4-13-27(15-14-26)24(28)23-20(11-16-31-23)18-32(29,30)22-5-2-1-3-6-22/h1-3,5-11,16H,4,12-15,18H2. The quantitative estimate of drug-likeness (QED) is 0.592. The van der Waals surface area contributed by atoms with Gasteiger partial charge in [0.2, 0.25) is 0 Å². The molecule has 4 rings (SSSR count). The van der Waals surface area contributed by atoms with E-state index in [1.807, 2.05) is 12.1 Å². The smallest absolute Gasteiger partial charge is 0.289 e. The predicted molar refractivity (Wildman–Crippen MR) is 120 cm³/mol. The SMILES string of the molecule is N#Cc1ccc(N2CCCN(C(=O)c3occc3CS(=O)(=O)c3ccccc3)CC2)cc1. The molecule has 164 valence electrons. The van der Waals surface area contributed by atoms with E-state index in [2.05, 4.69) is 11.0 Å². The summed E-state index contributed by atoms with van der Waals surface area (Å²) in [7, 11) is -3.59. The Kier molecular flexibility index (Phi) is 6.28. The summed E-state index contributed by atoms with van der Waals surface area (Å²) in [5.41, 5.74) is 1.98. The number of furan rings is 1. The van der Waals surface area contributed by atoms with Crippen LogP contribution < -0.4 is 4.90 Å². The van der Waals surface area contributed by atoms with Crippen LogP contribution in [0.2, 0.25) is 0 Å². The zero-order chi connectivity index (χ0) is 22.6. The van der Waals surface area contributed by atoms with Gasteiger partial charge in [0.15, 0.2) is 15.6 Å². The summed E-state index contributed by atoms with van der Waals surface area (Å²) >= 11 is 0. The lowest BCUT2D eigenvalue weighted by Gasteiger charge is -2.23. The van der Waals surface area contributed by atoms with Crippen molar-refractivity contribution in [1.82, 2.24) is 4.90 Å². The van der Waals surface area contributed by atoms with Gasteiger partial charge >= 0.3 is 0 Å². The van der Waals surface area contributed by atoms with E-state index < -0.39 is 9.84 Å². The van der Waals surface area contributed by atoms with Crippen LogP contribution in [-0.2, 0) is 15.6 Å². The fraction of sp³-hybridized carbons (Fsp3) is 0.250. The molecule has 0 unspecified atom stereocenters. The van der Waals surface area contributed by atoms with Crippen molar-refractivity contribution < 1.29 is 17.6 Å². The minimum atomic E-state index is -3.59. The van der Waals surface area contributed by atoms with Gasteiger partial charge in [0.05, 0.1) is 28.5 Å². The third-order valence-corrected chi connectivity index (χ3v) is 7.21. The Hall–Kier alpha value is -3.57. The van der Waals surface area contributed by atoms with Crippen LogP contribution in [0.15, 0.2) is 76.2 Å². The van der Waals surface area contributed by atoms with Crippen LogP contribution in [-0.4, -0.2) is 45.4 Å². The number of carbonyl (C=O) groups excluding carboxylic acids is 1.